The molecule has 0 radical (unpaired) electrons. The van der Waals surface area contributed by atoms with Gasteiger partial charge in [-0.3, -0.25) is 0 Å². The van der Waals surface area contributed by atoms with Gasteiger partial charge in [0.1, 0.15) is 6.33 Å². The summed E-state index contributed by atoms with van der Waals surface area (Å²) < 4.78 is 2.58. The first-order valence-corrected chi connectivity index (χ1v) is 10.4. The molecule has 0 amide bonds. The number of hydrogen-bond donors (Lipinski definition) is 0. The average molecular weight is 388 g/mol. The molecule has 2 nitrogen and oxygen atoms in total. The van der Waals surface area contributed by atoms with Crippen LogP contribution in [0.3, 0.4) is 0 Å². The van der Waals surface area contributed by atoms with Crippen LogP contribution in [0, 0.1) is 0 Å². The molecule has 0 aliphatic carbocycles. The number of thiophene rings is 1. The van der Waals surface area contributed by atoms with Crippen molar-refractivity contribution in [1.29, 1.82) is 0 Å². The molecule has 2 aromatic heterocycles. The first-order valence-electron chi connectivity index (χ1n) is 9.59. The second kappa shape index (κ2) is 6.50. The summed E-state index contributed by atoms with van der Waals surface area (Å²) in [4.78, 5) is 9.26. The average Bonchev–Trinajstić information content (AvgIpc) is 3.18. The molecule has 0 saturated heterocycles. The molecule has 0 aliphatic rings. The van der Waals surface area contributed by atoms with Crippen LogP contribution in [0.1, 0.15) is 0 Å². The molecule has 0 fully saturated rings. The minimum absolute atomic E-state index is 0.967. The van der Waals surface area contributed by atoms with Crippen molar-refractivity contribution in [3.8, 4) is 22.4 Å². The largest absolute Gasteiger partial charge is 0.236 e. The van der Waals surface area contributed by atoms with Gasteiger partial charge in [-0.1, -0.05) is 72.8 Å². The molecule has 3 heteroatoms. The maximum atomic E-state index is 4.70. The smallest absolute Gasteiger partial charge is 0.116 e. The van der Waals surface area contributed by atoms with Crippen molar-refractivity contribution < 1.29 is 0 Å². The van der Waals surface area contributed by atoms with Crippen LogP contribution in [-0.4, -0.2) is 9.97 Å². The third-order valence-electron chi connectivity index (χ3n) is 5.40. The van der Waals surface area contributed by atoms with Gasteiger partial charge in [0.2, 0.25) is 0 Å². The molecule has 2 heterocycles. The van der Waals surface area contributed by atoms with E-state index in [-0.39, 0.29) is 0 Å². The summed E-state index contributed by atoms with van der Waals surface area (Å²) in [5.74, 6) is 0. The molecule has 136 valence electrons. The van der Waals surface area contributed by atoms with E-state index in [1.54, 1.807) is 6.33 Å². The van der Waals surface area contributed by atoms with Crippen LogP contribution in [0.5, 0.6) is 0 Å². The van der Waals surface area contributed by atoms with E-state index >= 15 is 0 Å². The summed E-state index contributed by atoms with van der Waals surface area (Å²) in [6.07, 6.45) is 1.68. The summed E-state index contributed by atoms with van der Waals surface area (Å²) in [6.45, 7) is 0. The van der Waals surface area contributed by atoms with Gasteiger partial charge < -0.3 is 0 Å². The molecule has 29 heavy (non-hydrogen) atoms. The number of aromatic nitrogens is 2. The second-order valence-corrected chi connectivity index (χ2v) is 8.15. The number of rotatable bonds is 2. The van der Waals surface area contributed by atoms with Gasteiger partial charge in [-0.25, -0.2) is 9.97 Å². The summed E-state index contributed by atoms with van der Waals surface area (Å²) in [5.41, 5.74) is 5.49. The predicted octanol–water partition coefficient (Wildman–Crippen LogP) is 7.33. The molecule has 0 spiro atoms. The van der Waals surface area contributed by atoms with Crippen molar-refractivity contribution >= 4 is 42.4 Å². The summed E-state index contributed by atoms with van der Waals surface area (Å²) in [6, 6.07) is 32.0. The highest BCUT2D eigenvalue weighted by molar-refractivity contribution is 7.26. The van der Waals surface area contributed by atoms with Crippen LogP contribution in [0.4, 0.5) is 0 Å². The van der Waals surface area contributed by atoms with Crippen LogP contribution in [0.2, 0.25) is 0 Å². The summed E-state index contributed by atoms with van der Waals surface area (Å²) in [5, 5.41) is 3.67. The topological polar surface area (TPSA) is 25.8 Å². The maximum Gasteiger partial charge on any atom is 0.116 e. The van der Waals surface area contributed by atoms with Crippen molar-refractivity contribution in [2.24, 2.45) is 0 Å². The number of nitrogens with zero attached hydrogens (tertiary/aromatic N) is 2. The van der Waals surface area contributed by atoms with Gasteiger partial charge in [0.15, 0.2) is 0 Å². The molecule has 6 rings (SSSR count). The van der Waals surface area contributed by atoms with Gasteiger partial charge in [-0.15, -0.1) is 11.3 Å². The summed E-state index contributed by atoms with van der Waals surface area (Å²) >= 11 is 1.83. The highest BCUT2D eigenvalue weighted by Gasteiger charge is 2.14. The van der Waals surface area contributed by atoms with Crippen molar-refractivity contribution in [2.75, 3.05) is 0 Å². The van der Waals surface area contributed by atoms with E-state index in [1.165, 1.54) is 36.9 Å². The molecule has 0 N–H and O–H groups in total. The highest BCUT2D eigenvalue weighted by atomic mass is 32.1. The minimum Gasteiger partial charge on any atom is -0.236 e. The lowest BCUT2D eigenvalue weighted by Gasteiger charge is -2.08. The van der Waals surface area contributed by atoms with E-state index in [0.717, 1.165) is 16.6 Å². The molecule has 0 unspecified atom stereocenters. The lowest BCUT2D eigenvalue weighted by atomic mass is 10.0. The lowest BCUT2D eigenvalue weighted by Crippen LogP contribution is -1.90. The molecule has 0 bridgehead atoms. The zero-order chi connectivity index (χ0) is 19.2. The third-order valence-corrected chi connectivity index (χ3v) is 6.62. The van der Waals surface area contributed by atoms with Crippen LogP contribution in [-0.2, 0) is 0 Å². The molecule has 0 saturated carbocycles. The fourth-order valence-electron chi connectivity index (χ4n) is 4.02. The molecule has 4 aromatic carbocycles. The Morgan fingerprint density at radius 2 is 1.41 bits per heavy atom. The van der Waals surface area contributed by atoms with Crippen LogP contribution < -0.4 is 0 Å². The van der Waals surface area contributed by atoms with Crippen LogP contribution in [0.25, 0.3) is 53.5 Å². The number of hydrogen-bond acceptors (Lipinski definition) is 3. The van der Waals surface area contributed by atoms with Gasteiger partial charge in [0.05, 0.1) is 11.2 Å². The van der Waals surface area contributed by atoms with Crippen molar-refractivity contribution in [3.05, 3.63) is 97.3 Å². The van der Waals surface area contributed by atoms with E-state index in [9.17, 15) is 0 Å². The van der Waals surface area contributed by atoms with Crippen molar-refractivity contribution in [3.63, 3.8) is 0 Å². The van der Waals surface area contributed by atoms with Gasteiger partial charge in [0, 0.05) is 31.1 Å². The van der Waals surface area contributed by atoms with E-state index in [1.807, 2.05) is 17.4 Å². The van der Waals surface area contributed by atoms with Gasteiger partial charge >= 0.3 is 0 Å². The maximum absolute atomic E-state index is 4.70. The first kappa shape index (κ1) is 16.4. The number of benzene rings is 4. The van der Waals surface area contributed by atoms with E-state index in [0.29, 0.717) is 0 Å². The number of fused-ring (bicyclic) bond motifs is 4. The lowest BCUT2D eigenvalue weighted by molar-refractivity contribution is 1.23. The highest BCUT2D eigenvalue weighted by Crippen LogP contribution is 2.40. The van der Waals surface area contributed by atoms with E-state index < -0.39 is 0 Å². The fourth-order valence-corrected chi connectivity index (χ4v) is 5.23. The quantitative estimate of drug-likeness (QED) is 0.310. The Labute approximate surface area is 172 Å². The van der Waals surface area contributed by atoms with E-state index in [2.05, 4.69) is 89.9 Å². The zero-order valence-corrected chi connectivity index (χ0v) is 16.4. The zero-order valence-electron chi connectivity index (χ0n) is 15.5. The molecule has 6 aromatic rings. The molecular weight excluding hydrogens is 372 g/mol. The minimum atomic E-state index is 0.967. The Bertz CT molecular complexity index is 1500. The van der Waals surface area contributed by atoms with Crippen molar-refractivity contribution in [2.45, 2.75) is 0 Å². The Morgan fingerprint density at radius 3 is 2.34 bits per heavy atom. The molecule has 0 atom stereocenters. The fraction of sp³-hybridized carbons (Fsp3) is 0. The third kappa shape index (κ3) is 2.63. The Kier molecular flexibility index (Phi) is 3.68. The van der Waals surface area contributed by atoms with Crippen LogP contribution in [0.15, 0.2) is 97.3 Å². The van der Waals surface area contributed by atoms with Gasteiger partial charge in [-0.2, -0.15) is 0 Å². The monoisotopic (exact) mass is 388 g/mol. The molecular formula is C26H16N2S. The van der Waals surface area contributed by atoms with Gasteiger partial charge in [-0.05, 0) is 29.3 Å². The normalized spacial score (nSPS) is 11.4. The Balaban J connectivity index is 1.60. The first-order chi connectivity index (χ1) is 14.4. The SMILES string of the molecule is c1ccc(-c2ccc3c(-c4cccc5c4sc4ccccc45)ncnc3c2)cc1. The second-order valence-electron chi connectivity index (χ2n) is 7.10. The Morgan fingerprint density at radius 1 is 0.586 bits per heavy atom. The van der Waals surface area contributed by atoms with Gasteiger partial charge in [0.25, 0.3) is 0 Å². The predicted molar refractivity (Wildman–Crippen MR) is 123 cm³/mol. The van der Waals surface area contributed by atoms with E-state index in [4.69, 9.17) is 4.98 Å². The Hall–Kier alpha value is -3.56. The van der Waals surface area contributed by atoms with Crippen LogP contribution >= 0.6 is 11.3 Å². The summed E-state index contributed by atoms with van der Waals surface area (Å²) in [7, 11) is 0. The van der Waals surface area contributed by atoms with Crippen molar-refractivity contribution in [1.82, 2.24) is 9.97 Å². The standard InChI is InChI=1S/C26H16N2S/c1-2-7-17(8-3-1)18-13-14-21-23(15-18)27-16-28-25(21)22-11-6-10-20-19-9-4-5-12-24(19)29-26(20)22/h1-16H. The molecule has 0 aliphatic heterocycles.